The fourth-order valence-electron chi connectivity index (χ4n) is 9.04. The Hall–Kier alpha value is -6.64. The van der Waals surface area contributed by atoms with Crippen molar-refractivity contribution >= 4 is 75.9 Å². The van der Waals surface area contributed by atoms with Gasteiger partial charge in [0.05, 0.1) is 11.0 Å². The smallest absolute Gasteiger partial charge is 0.0571 e. The molecule has 9 aromatic carbocycles. The van der Waals surface area contributed by atoms with Gasteiger partial charge in [-0.3, -0.25) is 0 Å². The molecule has 1 N–H and O–H groups in total. The first-order chi connectivity index (χ1) is 25.8. The molecule has 0 bridgehead atoms. The summed E-state index contributed by atoms with van der Waals surface area (Å²) in [7, 11) is 0. The highest BCUT2D eigenvalue weighted by Crippen LogP contribution is 2.46. The first-order valence-electron chi connectivity index (χ1n) is 18.2. The second-order valence-electron chi connectivity index (χ2n) is 14.0. The van der Waals surface area contributed by atoms with E-state index in [0.717, 1.165) is 12.1 Å². The Morgan fingerprint density at radius 1 is 0.423 bits per heavy atom. The summed E-state index contributed by atoms with van der Waals surface area (Å²) in [6.45, 7) is 3.16. The van der Waals surface area contributed by atoms with E-state index in [1.807, 2.05) is 0 Å². The maximum Gasteiger partial charge on any atom is 0.0571 e. The van der Waals surface area contributed by atoms with Crippen LogP contribution in [0.4, 0.5) is 0 Å². The quantitative estimate of drug-likeness (QED) is 0.181. The second kappa shape index (κ2) is 11.2. The van der Waals surface area contributed by atoms with E-state index in [-0.39, 0.29) is 0 Å². The van der Waals surface area contributed by atoms with Crippen LogP contribution >= 0.6 is 0 Å². The van der Waals surface area contributed by atoms with Crippen LogP contribution in [0, 0.1) is 0 Å². The Labute approximate surface area is 301 Å². The molecule has 0 spiro atoms. The predicted molar refractivity (Wildman–Crippen MR) is 223 cm³/mol. The van der Waals surface area contributed by atoms with Crippen LogP contribution in [-0.2, 0) is 6.54 Å². The van der Waals surface area contributed by atoms with Crippen LogP contribution < -0.4 is 0 Å². The van der Waals surface area contributed by atoms with Crippen molar-refractivity contribution in [2.75, 3.05) is 0 Å². The van der Waals surface area contributed by atoms with Crippen LogP contribution in [0.5, 0.6) is 0 Å². The van der Waals surface area contributed by atoms with Crippen LogP contribution in [0.15, 0.2) is 170 Å². The monoisotopic (exact) mass is 662 g/mol. The lowest BCUT2D eigenvalue weighted by Crippen LogP contribution is -1.96. The molecule has 2 aromatic heterocycles. The van der Waals surface area contributed by atoms with Gasteiger partial charge in [0.15, 0.2) is 0 Å². The molecule has 0 aliphatic carbocycles. The number of aromatic nitrogens is 2. The molecule has 0 saturated carbocycles. The molecular weight excluding hydrogens is 629 g/mol. The molecule has 2 nitrogen and oxygen atoms in total. The van der Waals surface area contributed by atoms with E-state index in [9.17, 15) is 0 Å². The molecule has 0 unspecified atom stereocenters. The lowest BCUT2D eigenvalue weighted by Gasteiger charge is -2.18. The van der Waals surface area contributed by atoms with Gasteiger partial charge in [-0.2, -0.15) is 0 Å². The molecule has 0 saturated heterocycles. The predicted octanol–water partition coefficient (Wildman–Crippen LogP) is 13.9. The van der Waals surface area contributed by atoms with Crippen molar-refractivity contribution < 1.29 is 0 Å². The van der Waals surface area contributed by atoms with Gasteiger partial charge in [0.25, 0.3) is 0 Å². The SMILES string of the molecule is CCn1c2ccccc2c2cccc(-c3cccc4c(-c5ccc6ccccc6c5)c5cccc(-c6cccc7c6[nH]c6ccccc67)c5cc34)c21. The van der Waals surface area contributed by atoms with Crippen molar-refractivity contribution in [1.82, 2.24) is 9.55 Å². The third-order valence-corrected chi connectivity index (χ3v) is 11.3. The Kier molecular flexibility index (Phi) is 6.26. The zero-order chi connectivity index (χ0) is 34.3. The lowest BCUT2D eigenvalue weighted by molar-refractivity contribution is 0.828. The van der Waals surface area contributed by atoms with E-state index < -0.39 is 0 Å². The number of fused-ring (bicyclic) bond motifs is 9. The fourth-order valence-corrected chi connectivity index (χ4v) is 9.04. The van der Waals surface area contributed by atoms with Gasteiger partial charge in [0, 0.05) is 50.2 Å². The number of hydrogen-bond acceptors (Lipinski definition) is 0. The second-order valence-corrected chi connectivity index (χ2v) is 14.0. The van der Waals surface area contributed by atoms with E-state index in [1.54, 1.807) is 0 Å². The molecule has 11 rings (SSSR count). The van der Waals surface area contributed by atoms with Crippen LogP contribution in [0.25, 0.3) is 109 Å². The van der Waals surface area contributed by atoms with Gasteiger partial charge in [-0.15, -0.1) is 0 Å². The molecule has 52 heavy (non-hydrogen) atoms. The van der Waals surface area contributed by atoms with Crippen LogP contribution in [0.2, 0.25) is 0 Å². The zero-order valence-corrected chi connectivity index (χ0v) is 28.8. The van der Waals surface area contributed by atoms with Crippen molar-refractivity contribution in [2.24, 2.45) is 0 Å². The average Bonchev–Trinajstić information content (AvgIpc) is 3.75. The van der Waals surface area contributed by atoms with Crippen LogP contribution in [0.1, 0.15) is 6.92 Å². The van der Waals surface area contributed by atoms with Crippen molar-refractivity contribution in [2.45, 2.75) is 13.5 Å². The van der Waals surface area contributed by atoms with Gasteiger partial charge in [0.2, 0.25) is 0 Å². The summed E-state index contributed by atoms with van der Waals surface area (Å²) in [6.07, 6.45) is 0. The summed E-state index contributed by atoms with van der Waals surface area (Å²) in [5.74, 6) is 0. The van der Waals surface area contributed by atoms with Crippen molar-refractivity contribution in [3.8, 4) is 33.4 Å². The minimum absolute atomic E-state index is 0.899. The van der Waals surface area contributed by atoms with Crippen LogP contribution in [-0.4, -0.2) is 9.55 Å². The highest BCUT2D eigenvalue weighted by Gasteiger charge is 2.20. The van der Waals surface area contributed by atoms with E-state index >= 15 is 0 Å². The topological polar surface area (TPSA) is 20.7 Å². The molecule has 0 radical (unpaired) electrons. The summed E-state index contributed by atoms with van der Waals surface area (Å²) in [5.41, 5.74) is 12.4. The molecule has 0 atom stereocenters. The van der Waals surface area contributed by atoms with Gasteiger partial charge in [0.1, 0.15) is 0 Å². The van der Waals surface area contributed by atoms with Gasteiger partial charge in [-0.1, -0.05) is 146 Å². The van der Waals surface area contributed by atoms with Gasteiger partial charge in [-0.25, -0.2) is 0 Å². The van der Waals surface area contributed by atoms with E-state index in [0.29, 0.717) is 0 Å². The summed E-state index contributed by atoms with van der Waals surface area (Å²) in [4.78, 5) is 3.79. The van der Waals surface area contributed by atoms with E-state index in [4.69, 9.17) is 0 Å². The van der Waals surface area contributed by atoms with Gasteiger partial charge < -0.3 is 9.55 Å². The number of aromatic amines is 1. The number of benzene rings is 9. The van der Waals surface area contributed by atoms with E-state index in [1.165, 1.54) is 104 Å². The molecule has 0 aliphatic heterocycles. The third-order valence-electron chi connectivity index (χ3n) is 11.3. The third kappa shape index (κ3) is 4.12. The maximum absolute atomic E-state index is 3.79. The summed E-state index contributed by atoms with van der Waals surface area (Å²) >= 11 is 0. The van der Waals surface area contributed by atoms with Crippen molar-refractivity contribution in [1.29, 1.82) is 0 Å². The van der Waals surface area contributed by atoms with E-state index in [2.05, 4.69) is 186 Å². The van der Waals surface area contributed by atoms with Gasteiger partial charge >= 0.3 is 0 Å². The Bertz CT molecular complexity index is 3230. The maximum atomic E-state index is 3.79. The minimum Gasteiger partial charge on any atom is -0.354 e. The largest absolute Gasteiger partial charge is 0.354 e. The highest BCUT2D eigenvalue weighted by molar-refractivity contribution is 6.23. The summed E-state index contributed by atoms with van der Waals surface area (Å²) < 4.78 is 2.49. The molecule has 0 amide bonds. The van der Waals surface area contributed by atoms with Crippen molar-refractivity contribution in [3.63, 3.8) is 0 Å². The summed E-state index contributed by atoms with van der Waals surface area (Å²) in [6, 6.07) is 62.9. The van der Waals surface area contributed by atoms with Crippen molar-refractivity contribution in [3.05, 3.63) is 170 Å². The first-order valence-corrected chi connectivity index (χ1v) is 18.2. The minimum atomic E-state index is 0.899. The number of hydrogen-bond donors (Lipinski definition) is 1. The summed E-state index contributed by atoms with van der Waals surface area (Å²) in [5, 5.41) is 12.6. The first kappa shape index (κ1) is 29.1. The zero-order valence-electron chi connectivity index (χ0n) is 28.8. The normalized spacial score (nSPS) is 12.0. The molecule has 2 heteroatoms. The number of para-hydroxylation sites is 4. The molecule has 0 aliphatic rings. The molecule has 2 heterocycles. The van der Waals surface area contributed by atoms with Gasteiger partial charge in [-0.05, 0) is 85.8 Å². The number of rotatable bonds is 4. The Balaban J connectivity index is 1.29. The number of aryl methyl sites for hydroxylation is 1. The lowest BCUT2D eigenvalue weighted by atomic mass is 9.85. The highest BCUT2D eigenvalue weighted by atomic mass is 15.0. The molecule has 11 aromatic rings. The Morgan fingerprint density at radius 3 is 1.81 bits per heavy atom. The molecular formula is C50H34N2. The number of nitrogens with zero attached hydrogens (tertiary/aromatic N) is 1. The molecule has 0 fully saturated rings. The number of H-pyrrole nitrogens is 1. The fraction of sp³-hybridized carbons (Fsp3) is 0.0400. The van der Waals surface area contributed by atoms with Crippen LogP contribution in [0.3, 0.4) is 0 Å². The number of nitrogens with one attached hydrogen (secondary N) is 1. The standard InChI is InChI=1S/C50H34N2/c1-2-52-47-26-8-6-16-37(47)43-24-12-23-42(50(43)52)35-18-10-20-39-45(35)30-44-34(40-21-11-22-41-36-15-5-7-25-46(36)51-49(40)41)17-9-19-38(44)48(39)33-28-27-31-13-3-4-14-32(31)29-33/h3-30,51H,2H2,1H3. The molecule has 244 valence electrons. The average molecular weight is 663 g/mol. The Morgan fingerprint density at radius 2 is 1.02 bits per heavy atom.